The van der Waals surface area contributed by atoms with E-state index in [9.17, 15) is 4.79 Å². The molecule has 1 fully saturated rings. The lowest BCUT2D eigenvalue weighted by atomic mass is 9.77. The molecule has 106 valence electrons. The van der Waals surface area contributed by atoms with Gasteiger partial charge in [0.2, 0.25) is 0 Å². The number of amidine groups is 1. The first-order valence-electron chi connectivity index (χ1n) is 7.22. The summed E-state index contributed by atoms with van der Waals surface area (Å²) in [4.78, 5) is 23.4. The summed E-state index contributed by atoms with van der Waals surface area (Å²) in [6.45, 7) is 0.272. The number of fused-ring (bicyclic) bond motifs is 1. The van der Waals surface area contributed by atoms with E-state index in [1.807, 2.05) is 30.3 Å². The molecule has 4 rings (SSSR count). The van der Waals surface area contributed by atoms with E-state index in [0.29, 0.717) is 5.84 Å². The lowest BCUT2D eigenvalue weighted by molar-refractivity contribution is -0.124. The third-order valence-electron chi connectivity index (χ3n) is 4.41. The summed E-state index contributed by atoms with van der Waals surface area (Å²) in [7, 11) is 0. The van der Waals surface area contributed by atoms with Crippen LogP contribution in [0.1, 0.15) is 19.3 Å². The van der Waals surface area contributed by atoms with Crippen LogP contribution in [-0.2, 0) is 4.79 Å². The Morgan fingerprint density at radius 2 is 2.14 bits per heavy atom. The summed E-state index contributed by atoms with van der Waals surface area (Å²) < 4.78 is 0. The number of hydrogen-bond acceptors (Lipinski definition) is 4. The molecule has 1 spiro atoms. The van der Waals surface area contributed by atoms with Gasteiger partial charge in [0, 0.05) is 11.6 Å². The number of pyridine rings is 1. The zero-order valence-electron chi connectivity index (χ0n) is 11.6. The third kappa shape index (κ3) is 1.70. The summed E-state index contributed by atoms with van der Waals surface area (Å²) in [6, 6.07) is 9.74. The molecular formula is C16H16N4O. The van der Waals surface area contributed by atoms with Gasteiger partial charge in [0.1, 0.15) is 11.4 Å². The molecule has 1 aromatic carbocycles. The van der Waals surface area contributed by atoms with E-state index < -0.39 is 5.54 Å². The Labute approximate surface area is 122 Å². The number of nitrogens with zero attached hydrogens (tertiary/aromatic N) is 3. The Morgan fingerprint density at radius 1 is 1.29 bits per heavy atom. The summed E-state index contributed by atoms with van der Waals surface area (Å²) in [5.41, 5.74) is 6.94. The maximum atomic E-state index is 12.8. The molecule has 2 heterocycles. The van der Waals surface area contributed by atoms with Crippen molar-refractivity contribution in [2.75, 3.05) is 11.4 Å². The number of anilines is 1. The van der Waals surface area contributed by atoms with E-state index in [1.165, 1.54) is 0 Å². The summed E-state index contributed by atoms with van der Waals surface area (Å²) in [6.07, 6.45) is 4.47. The highest BCUT2D eigenvalue weighted by Gasteiger charge is 2.52. The minimum atomic E-state index is -0.534. The molecule has 0 unspecified atom stereocenters. The van der Waals surface area contributed by atoms with Crippen molar-refractivity contribution >= 4 is 28.3 Å². The van der Waals surface area contributed by atoms with E-state index in [-0.39, 0.29) is 12.5 Å². The van der Waals surface area contributed by atoms with E-state index in [0.717, 1.165) is 35.9 Å². The van der Waals surface area contributed by atoms with E-state index in [2.05, 4.69) is 9.98 Å². The van der Waals surface area contributed by atoms with Crippen LogP contribution in [0.4, 0.5) is 5.69 Å². The van der Waals surface area contributed by atoms with Crippen LogP contribution in [0.3, 0.4) is 0 Å². The van der Waals surface area contributed by atoms with Crippen molar-refractivity contribution in [1.29, 1.82) is 0 Å². The van der Waals surface area contributed by atoms with Crippen molar-refractivity contribution in [3.8, 4) is 0 Å². The smallest absolute Gasteiger partial charge is 0.260 e. The van der Waals surface area contributed by atoms with Crippen LogP contribution in [0.25, 0.3) is 10.9 Å². The highest BCUT2D eigenvalue weighted by molar-refractivity contribution is 6.25. The molecule has 1 aromatic heterocycles. The normalized spacial score (nSPS) is 20.0. The predicted molar refractivity (Wildman–Crippen MR) is 82.3 cm³/mol. The lowest BCUT2D eigenvalue weighted by Crippen LogP contribution is -2.47. The van der Waals surface area contributed by atoms with Crippen LogP contribution in [0.15, 0.2) is 41.5 Å². The second kappa shape index (κ2) is 4.36. The van der Waals surface area contributed by atoms with Crippen LogP contribution in [0, 0.1) is 0 Å². The molecule has 0 radical (unpaired) electrons. The Kier molecular flexibility index (Phi) is 2.59. The number of aliphatic imine (C=N–C) groups is 1. The van der Waals surface area contributed by atoms with E-state index in [4.69, 9.17) is 5.73 Å². The Bertz CT molecular complexity index is 764. The number of nitrogens with two attached hydrogens (primary N) is 1. The molecule has 5 heteroatoms. The maximum Gasteiger partial charge on any atom is 0.260 e. The van der Waals surface area contributed by atoms with Crippen LogP contribution < -0.4 is 10.6 Å². The second-order valence-electron chi connectivity index (χ2n) is 5.64. The molecule has 0 atom stereocenters. The number of hydrogen-bond donors (Lipinski definition) is 1. The molecule has 0 bridgehead atoms. The van der Waals surface area contributed by atoms with Gasteiger partial charge in [-0.1, -0.05) is 12.1 Å². The Hall–Kier alpha value is -2.27. The topological polar surface area (TPSA) is 71.6 Å². The van der Waals surface area contributed by atoms with Gasteiger partial charge in [0.15, 0.2) is 0 Å². The first kappa shape index (κ1) is 12.5. The maximum absolute atomic E-state index is 12.8. The van der Waals surface area contributed by atoms with Gasteiger partial charge < -0.3 is 5.73 Å². The number of rotatable bonds is 2. The monoisotopic (exact) mass is 280 g/mol. The number of aromatic nitrogens is 1. The number of amides is 1. The number of carbonyl (C=O) groups is 1. The van der Waals surface area contributed by atoms with Crippen LogP contribution in [0.2, 0.25) is 0 Å². The minimum absolute atomic E-state index is 0.0597. The van der Waals surface area contributed by atoms with Gasteiger partial charge in [-0.25, -0.2) is 0 Å². The van der Waals surface area contributed by atoms with Crippen molar-refractivity contribution in [3.63, 3.8) is 0 Å². The van der Waals surface area contributed by atoms with Crippen molar-refractivity contribution in [2.45, 2.75) is 24.8 Å². The van der Waals surface area contributed by atoms with E-state index in [1.54, 1.807) is 11.1 Å². The third-order valence-corrected chi connectivity index (χ3v) is 4.41. The Morgan fingerprint density at radius 3 is 2.86 bits per heavy atom. The summed E-state index contributed by atoms with van der Waals surface area (Å²) in [5, 5.41) is 1.05. The zero-order valence-corrected chi connectivity index (χ0v) is 11.6. The van der Waals surface area contributed by atoms with Crippen molar-refractivity contribution in [3.05, 3.63) is 36.5 Å². The van der Waals surface area contributed by atoms with Crippen molar-refractivity contribution < 1.29 is 4.79 Å². The minimum Gasteiger partial charge on any atom is -0.324 e. The summed E-state index contributed by atoms with van der Waals surface area (Å²) in [5.74, 6) is 0.722. The molecule has 1 amide bonds. The van der Waals surface area contributed by atoms with E-state index >= 15 is 0 Å². The fourth-order valence-electron chi connectivity index (χ4n) is 3.10. The quantitative estimate of drug-likeness (QED) is 0.912. The van der Waals surface area contributed by atoms with Gasteiger partial charge in [-0.05, 0) is 37.5 Å². The molecule has 1 saturated carbocycles. The van der Waals surface area contributed by atoms with Crippen LogP contribution >= 0.6 is 0 Å². The van der Waals surface area contributed by atoms with Crippen LogP contribution in [0.5, 0.6) is 0 Å². The van der Waals surface area contributed by atoms with Gasteiger partial charge in [0.25, 0.3) is 5.91 Å². The molecule has 2 aromatic rings. The molecule has 0 saturated heterocycles. The largest absolute Gasteiger partial charge is 0.324 e. The summed E-state index contributed by atoms with van der Waals surface area (Å²) >= 11 is 0. The highest BCUT2D eigenvalue weighted by Crippen LogP contribution is 2.42. The SMILES string of the molecule is NCC1=NC2(CCC2)C(=O)N1c1ccc2cccnc2c1. The second-order valence-corrected chi connectivity index (χ2v) is 5.64. The average Bonchev–Trinajstić information content (AvgIpc) is 2.79. The van der Waals surface area contributed by atoms with Gasteiger partial charge >= 0.3 is 0 Å². The molecule has 1 aliphatic carbocycles. The predicted octanol–water partition coefficient (Wildman–Crippen LogP) is 1.86. The number of benzene rings is 1. The molecule has 2 aliphatic rings. The zero-order chi connectivity index (χ0) is 14.4. The molecule has 1 aliphatic heterocycles. The van der Waals surface area contributed by atoms with Gasteiger partial charge in [0.05, 0.1) is 17.7 Å². The average molecular weight is 280 g/mol. The fourth-order valence-corrected chi connectivity index (χ4v) is 3.10. The molecule has 21 heavy (non-hydrogen) atoms. The first-order valence-corrected chi connectivity index (χ1v) is 7.22. The van der Waals surface area contributed by atoms with Gasteiger partial charge in [-0.3, -0.25) is 19.7 Å². The highest BCUT2D eigenvalue weighted by atomic mass is 16.2. The first-order chi connectivity index (χ1) is 10.2. The van der Waals surface area contributed by atoms with Crippen molar-refractivity contribution in [1.82, 2.24) is 4.98 Å². The van der Waals surface area contributed by atoms with Crippen LogP contribution in [-0.4, -0.2) is 28.8 Å². The van der Waals surface area contributed by atoms with Gasteiger partial charge in [-0.2, -0.15) is 0 Å². The molecule has 2 N–H and O–H groups in total. The fraction of sp³-hybridized carbons (Fsp3) is 0.312. The van der Waals surface area contributed by atoms with Crippen molar-refractivity contribution in [2.24, 2.45) is 10.7 Å². The van der Waals surface area contributed by atoms with Gasteiger partial charge in [-0.15, -0.1) is 0 Å². The number of carbonyl (C=O) groups excluding carboxylic acids is 1. The Balaban J connectivity index is 1.80. The molecular weight excluding hydrogens is 264 g/mol. The molecule has 5 nitrogen and oxygen atoms in total. The standard InChI is InChI=1S/C16H16N4O/c17-10-14-19-16(6-2-7-16)15(21)20(14)12-5-4-11-3-1-8-18-13(11)9-12/h1,3-5,8-9H,2,6-7,10,17H2. The lowest BCUT2D eigenvalue weighted by Gasteiger charge is -2.33.